The summed E-state index contributed by atoms with van der Waals surface area (Å²) in [5.74, 6) is -0.167. The molecule has 0 bridgehead atoms. The predicted octanol–water partition coefficient (Wildman–Crippen LogP) is 2.95. The number of anilines is 1. The van der Waals surface area contributed by atoms with E-state index < -0.39 is 21.7 Å². The number of sulfonamides is 1. The average Bonchev–Trinajstić information content (AvgIpc) is 3.38. The molecule has 0 radical (unpaired) electrons. The molecule has 2 aromatic carbocycles. The van der Waals surface area contributed by atoms with Crippen LogP contribution < -0.4 is 5.32 Å². The monoisotopic (exact) mass is 430 g/mol. The largest absolute Gasteiger partial charge is 0.339 e. The van der Waals surface area contributed by atoms with Crippen LogP contribution in [0.15, 0.2) is 57.9 Å². The van der Waals surface area contributed by atoms with E-state index >= 15 is 0 Å². The van der Waals surface area contributed by atoms with Crippen LogP contribution in [0, 0.1) is 12.7 Å². The van der Waals surface area contributed by atoms with E-state index in [-0.39, 0.29) is 22.9 Å². The second kappa shape index (κ2) is 7.96. The number of aromatic nitrogens is 2. The smallest absolute Gasteiger partial charge is 0.255 e. The first-order valence-electron chi connectivity index (χ1n) is 9.30. The number of amides is 1. The van der Waals surface area contributed by atoms with Crippen molar-refractivity contribution in [3.8, 4) is 0 Å². The van der Waals surface area contributed by atoms with Crippen LogP contribution in [0.25, 0.3) is 0 Å². The molecule has 8 nitrogen and oxygen atoms in total. The van der Waals surface area contributed by atoms with Crippen molar-refractivity contribution in [1.82, 2.24) is 14.4 Å². The number of nitrogens with zero attached hydrogens (tertiary/aromatic N) is 3. The van der Waals surface area contributed by atoms with Gasteiger partial charge in [-0.3, -0.25) is 4.79 Å². The van der Waals surface area contributed by atoms with E-state index in [1.165, 1.54) is 46.8 Å². The Bertz CT molecular complexity index is 1180. The predicted molar refractivity (Wildman–Crippen MR) is 106 cm³/mol. The molecule has 1 aliphatic heterocycles. The van der Waals surface area contributed by atoms with Gasteiger partial charge >= 0.3 is 0 Å². The van der Waals surface area contributed by atoms with Crippen LogP contribution in [0.5, 0.6) is 0 Å². The highest BCUT2D eigenvalue weighted by atomic mass is 32.2. The highest BCUT2D eigenvalue weighted by Gasteiger charge is 2.35. The third kappa shape index (κ3) is 4.10. The Morgan fingerprint density at radius 1 is 1.23 bits per heavy atom. The Morgan fingerprint density at radius 3 is 2.67 bits per heavy atom. The Morgan fingerprint density at radius 2 is 2.00 bits per heavy atom. The van der Waals surface area contributed by atoms with Crippen molar-refractivity contribution in [3.63, 3.8) is 0 Å². The summed E-state index contributed by atoms with van der Waals surface area (Å²) in [5, 5.41) is 6.38. The summed E-state index contributed by atoms with van der Waals surface area (Å²) >= 11 is 0. The summed E-state index contributed by atoms with van der Waals surface area (Å²) in [7, 11) is -3.69. The van der Waals surface area contributed by atoms with Gasteiger partial charge in [0.25, 0.3) is 5.91 Å². The number of carbonyl (C=O) groups is 1. The SMILES string of the molecule is Cc1noc(C2CCN(S(=O)(=O)c3ccc(NC(=O)c4cccc(F)c4)cc3)C2)n1. The fourth-order valence-electron chi connectivity index (χ4n) is 3.32. The van der Waals surface area contributed by atoms with E-state index in [1.54, 1.807) is 6.92 Å². The third-order valence-electron chi connectivity index (χ3n) is 4.88. The van der Waals surface area contributed by atoms with Gasteiger partial charge in [0.2, 0.25) is 15.9 Å². The summed E-state index contributed by atoms with van der Waals surface area (Å²) in [5.41, 5.74) is 0.579. The summed E-state index contributed by atoms with van der Waals surface area (Å²) in [6.07, 6.45) is 0.600. The van der Waals surface area contributed by atoms with Gasteiger partial charge in [0.15, 0.2) is 5.82 Å². The molecule has 1 amide bonds. The molecule has 1 aliphatic rings. The third-order valence-corrected chi connectivity index (χ3v) is 6.76. The summed E-state index contributed by atoms with van der Waals surface area (Å²) in [4.78, 5) is 16.5. The Hall–Kier alpha value is -3.11. The van der Waals surface area contributed by atoms with Gasteiger partial charge in [-0.2, -0.15) is 9.29 Å². The standard InChI is InChI=1S/C20H19FN4O4S/c1-13-22-20(29-24-13)15-9-10-25(12-15)30(27,28)18-7-5-17(6-8-18)23-19(26)14-3-2-4-16(21)11-14/h2-8,11,15H,9-10,12H2,1H3,(H,23,26). The molecule has 2 heterocycles. The minimum absolute atomic E-state index is 0.119. The van der Waals surface area contributed by atoms with E-state index in [1.807, 2.05) is 0 Å². The highest BCUT2D eigenvalue weighted by Crippen LogP contribution is 2.30. The molecule has 1 atom stereocenters. The maximum atomic E-state index is 13.3. The first kappa shape index (κ1) is 20.2. The van der Waals surface area contributed by atoms with Crippen molar-refractivity contribution in [2.75, 3.05) is 18.4 Å². The molecule has 4 rings (SSSR count). The van der Waals surface area contributed by atoms with Crippen molar-refractivity contribution in [2.45, 2.75) is 24.2 Å². The molecule has 0 saturated carbocycles. The normalized spacial score (nSPS) is 17.2. The number of nitrogens with one attached hydrogen (secondary N) is 1. The number of rotatable bonds is 5. The molecule has 30 heavy (non-hydrogen) atoms. The van der Waals surface area contributed by atoms with Crippen molar-refractivity contribution in [3.05, 3.63) is 71.6 Å². The zero-order chi connectivity index (χ0) is 21.3. The minimum Gasteiger partial charge on any atom is -0.339 e. The van der Waals surface area contributed by atoms with Crippen LogP contribution in [0.4, 0.5) is 10.1 Å². The van der Waals surface area contributed by atoms with Gasteiger partial charge < -0.3 is 9.84 Å². The van der Waals surface area contributed by atoms with E-state index in [0.29, 0.717) is 30.4 Å². The molecule has 3 aromatic rings. The Labute approximate surface area is 172 Å². The topological polar surface area (TPSA) is 105 Å². The van der Waals surface area contributed by atoms with Gasteiger partial charge in [-0.1, -0.05) is 11.2 Å². The number of hydrogen-bond acceptors (Lipinski definition) is 6. The van der Waals surface area contributed by atoms with Crippen LogP contribution in [0.1, 0.15) is 34.4 Å². The zero-order valence-electron chi connectivity index (χ0n) is 16.1. The quantitative estimate of drug-likeness (QED) is 0.667. The fraction of sp³-hybridized carbons (Fsp3) is 0.250. The van der Waals surface area contributed by atoms with Gasteiger partial charge in [-0.05, 0) is 55.8 Å². The number of halogens is 1. The zero-order valence-corrected chi connectivity index (χ0v) is 16.9. The van der Waals surface area contributed by atoms with Crippen LogP contribution >= 0.6 is 0 Å². The van der Waals surface area contributed by atoms with E-state index in [4.69, 9.17) is 4.52 Å². The molecule has 0 aliphatic carbocycles. The lowest BCUT2D eigenvalue weighted by atomic mass is 10.1. The van der Waals surface area contributed by atoms with Crippen molar-refractivity contribution >= 4 is 21.6 Å². The fourth-order valence-corrected chi connectivity index (χ4v) is 4.82. The van der Waals surface area contributed by atoms with Gasteiger partial charge in [-0.15, -0.1) is 0 Å². The first-order chi connectivity index (χ1) is 14.3. The van der Waals surface area contributed by atoms with Crippen molar-refractivity contribution < 1.29 is 22.1 Å². The van der Waals surface area contributed by atoms with Crippen molar-refractivity contribution in [1.29, 1.82) is 0 Å². The Balaban J connectivity index is 1.44. The van der Waals surface area contributed by atoms with Gasteiger partial charge in [-0.25, -0.2) is 12.8 Å². The lowest BCUT2D eigenvalue weighted by Crippen LogP contribution is -2.28. The number of aryl methyl sites for hydroxylation is 1. The van der Waals surface area contributed by atoms with E-state index in [2.05, 4.69) is 15.5 Å². The maximum absolute atomic E-state index is 13.3. The second-order valence-electron chi connectivity index (χ2n) is 7.02. The molecule has 1 unspecified atom stereocenters. The summed E-state index contributed by atoms with van der Waals surface area (Å²) in [6.45, 7) is 2.33. The molecule has 1 saturated heterocycles. The minimum atomic E-state index is -3.69. The van der Waals surface area contributed by atoms with Gasteiger partial charge in [0.1, 0.15) is 5.82 Å². The molecule has 10 heteroatoms. The lowest BCUT2D eigenvalue weighted by Gasteiger charge is -2.16. The number of hydrogen-bond donors (Lipinski definition) is 1. The highest BCUT2D eigenvalue weighted by molar-refractivity contribution is 7.89. The van der Waals surface area contributed by atoms with Crippen LogP contribution in [-0.4, -0.2) is 41.9 Å². The van der Waals surface area contributed by atoms with Gasteiger partial charge in [0.05, 0.1) is 10.8 Å². The summed E-state index contributed by atoms with van der Waals surface area (Å²) in [6, 6.07) is 11.2. The van der Waals surface area contributed by atoms with E-state index in [9.17, 15) is 17.6 Å². The number of carbonyl (C=O) groups excluding carboxylic acids is 1. The summed E-state index contributed by atoms with van der Waals surface area (Å²) < 4.78 is 45.7. The molecule has 1 fully saturated rings. The molecule has 156 valence electrons. The molecule has 1 aromatic heterocycles. The lowest BCUT2D eigenvalue weighted by molar-refractivity contribution is 0.102. The second-order valence-corrected chi connectivity index (χ2v) is 8.96. The van der Waals surface area contributed by atoms with Crippen LogP contribution in [0.3, 0.4) is 0 Å². The van der Waals surface area contributed by atoms with Crippen molar-refractivity contribution in [2.24, 2.45) is 0 Å². The Kier molecular flexibility index (Phi) is 5.35. The van der Waals surface area contributed by atoms with Crippen LogP contribution in [0.2, 0.25) is 0 Å². The van der Waals surface area contributed by atoms with Gasteiger partial charge in [0, 0.05) is 24.3 Å². The molecular weight excluding hydrogens is 411 g/mol. The first-order valence-corrected chi connectivity index (χ1v) is 10.7. The molecule has 0 spiro atoms. The van der Waals surface area contributed by atoms with E-state index in [0.717, 1.165) is 6.07 Å². The average molecular weight is 430 g/mol. The molecule has 1 N–H and O–H groups in total. The maximum Gasteiger partial charge on any atom is 0.255 e. The van der Waals surface area contributed by atoms with Crippen LogP contribution in [-0.2, 0) is 10.0 Å². The molecular formula is C20H19FN4O4S. The number of benzene rings is 2.